The minimum absolute atomic E-state index is 0.00523. The molecule has 1 saturated carbocycles. The fourth-order valence-electron chi connectivity index (χ4n) is 3.55. The molecule has 0 bridgehead atoms. The standard InChI is InChI=1S/C14H25N3/c1-11(2)16-13(9-15)10-17-8-4-6-12-5-3-7-14(12)17/h11-14,16H,3-8,10H2,1-2H3. The van der Waals surface area contributed by atoms with Gasteiger partial charge in [0.25, 0.3) is 0 Å². The van der Waals surface area contributed by atoms with Crippen LogP contribution in [0.15, 0.2) is 0 Å². The monoisotopic (exact) mass is 235 g/mol. The summed E-state index contributed by atoms with van der Waals surface area (Å²) in [6.07, 6.45) is 6.89. The van der Waals surface area contributed by atoms with E-state index in [-0.39, 0.29) is 6.04 Å². The SMILES string of the molecule is CC(C)NC(C#N)CN1CCCC2CCCC21. The van der Waals surface area contributed by atoms with Crippen molar-refractivity contribution in [3.63, 3.8) is 0 Å². The lowest BCUT2D eigenvalue weighted by atomic mass is 9.91. The van der Waals surface area contributed by atoms with Gasteiger partial charge in [0, 0.05) is 18.6 Å². The van der Waals surface area contributed by atoms with Crippen molar-refractivity contribution in [2.75, 3.05) is 13.1 Å². The third kappa shape index (κ3) is 3.20. The number of hydrogen-bond donors (Lipinski definition) is 1. The fraction of sp³-hybridized carbons (Fsp3) is 0.929. The van der Waals surface area contributed by atoms with Gasteiger partial charge in [0.2, 0.25) is 0 Å². The van der Waals surface area contributed by atoms with Crippen LogP contribution in [-0.2, 0) is 0 Å². The minimum atomic E-state index is -0.00523. The Morgan fingerprint density at radius 2 is 2.06 bits per heavy atom. The number of rotatable bonds is 4. The maximum atomic E-state index is 9.21. The van der Waals surface area contributed by atoms with E-state index < -0.39 is 0 Å². The molecule has 1 saturated heterocycles. The van der Waals surface area contributed by atoms with Crippen LogP contribution >= 0.6 is 0 Å². The summed E-state index contributed by atoms with van der Waals surface area (Å²) in [5.74, 6) is 0.919. The average molecular weight is 235 g/mol. The summed E-state index contributed by atoms with van der Waals surface area (Å²) < 4.78 is 0. The number of nitrogens with zero attached hydrogens (tertiary/aromatic N) is 2. The predicted octanol–water partition coefficient (Wildman–Crippen LogP) is 2.14. The van der Waals surface area contributed by atoms with Crippen LogP contribution in [0.4, 0.5) is 0 Å². The molecule has 0 aromatic carbocycles. The molecule has 3 nitrogen and oxygen atoms in total. The van der Waals surface area contributed by atoms with Crippen LogP contribution in [0, 0.1) is 17.2 Å². The van der Waals surface area contributed by atoms with E-state index in [0.717, 1.165) is 18.5 Å². The summed E-state index contributed by atoms with van der Waals surface area (Å²) in [5, 5.41) is 12.6. The lowest BCUT2D eigenvalue weighted by molar-refractivity contribution is 0.106. The maximum Gasteiger partial charge on any atom is 0.108 e. The normalized spacial score (nSPS) is 31.2. The molecule has 0 amide bonds. The Morgan fingerprint density at radius 3 is 2.76 bits per heavy atom. The number of hydrogen-bond acceptors (Lipinski definition) is 3. The summed E-state index contributed by atoms with van der Waals surface area (Å²) in [4.78, 5) is 2.57. The summed E-state index contributed by atoms with van der Waals surface area (Å²) in [5.41, 5.74) is 0. The van der Waals surface area contributed by atoms with Gasteiger partial charge in [-0.2, -0.15) is 5.26 Å². The summed E-state index contributed by atoms with van der Waals surface area (Å²) in [6, 6.07) is 3.57. The van der Waals surface area contributed by atoms with E-state index >= 15 is 0 Å². The Bertz CT molecular complexity index is 282. The van der Waals surface area contributed by atoms with Crippen molar-refractivity contribution in [1.29, 1.82) is 5.26 Å². The molecule has 1 aliphatic carbocycles. The van der Waals surface area contributed by atoms with E-state index in [1.54, 1.807) is 0 Å². The van der Waals surface area contributed by atoms with Crippen LogP contribution in [0.3, 0.4) is 0 Å². The molecule has 2 rings (SSSR count). The van der Waals surface area contributed by atoms with Gasteiger partial charge in [-0.1, -0.05) is 6.42 Å². The lowest BCUT2D eigenvalue weighted by Crippen LogP contribution is -2.50. The molecule has 2 aliphatic rings. The third-order valence-electron chi connectivity index (χ3n) is 4.22. The first-order chi connectivity index (χ1) is 8.20. The first-order valence-corrected chi connectivity index (χ1v) is 7.10. The third-order valence-corrected chi connectivity index (χ3v) is 4.22. The van der Waals surface area contributed by atoms with Gasteiger partial charge in [0.1, 0.15) is 6.04 Å². The van der Waals surface area contributed by atoms with Gasteiger partial charge < -0.3 is 0 Å². The zero-order valence-electron chi connectivity index (χ0n) is 11.2. The number of nitriles is 1. The molecular formula is C14H25N3. The van der Waals surface area contributed by atoms with E-state index in [1.807, 2.05) is 0 Å². The summed E-state index contributed by atoms with van der Waals surface area (Å²) in [6.45, 7) is 6.33. The van der Waals surface area contributed by atoms with Gasteiger partial charge in [-0.3, -0.25) is 10.2 Å². The van der Waals surface area contributed by atoms with Crippen molar-refractivity contribution < 1.29 is 0 Å². The van der Waals surface area contributed by atoms with Crippen molar-refractivity contribution in [1.82, 2.24) is 10.2 Å². The predicted molar refractivity (Wildman–Crippen MR) is 69.6 cm³/mol. The van der Waals surface area contributed by atoms with Crippen LogP contribution in [-0.4, -0.2) is 36.1 Å². The Balaban J connectivity index is 1.90. The molecule has 1 heterocycles. The molecule has 96 valence electrons. The van der Waals surface area contributed by atoms with E-state index in [0.29, 0.717) is 6.04 Å². The molecule has 0 radical (unpaired) electrons. The topological polar surface area (TPSA) is 39.1 Å². The van der Waals surface area contributed by atoms with Gasteiger partial charge in [0.05, 0.1) is 6.07 Å². The van der Waals surface area contributed by atoms with E-state index in [9.17, 15) is 5.26 Å². The largest absolute Gasteiger partial charge is 0.299 e. The average Bonchev–Trinajstić information content (AvgIpc) is 2.76. The second kappa shape index (κ2) is 5.84. The Labute approximate surface area is 105 Å². The zero-order valence-corrected chi connectivity index (χ0v) is 11.2. The van der Waals surface area contributed by atoms with Crippen LogP contribution in [0.25, 0.3) is 0 Å². The zero-order chi connectivity index (χ0) is 12.3. The molecule has 3 unspecified atom stereocenters. The van der Waals surface area contributed by atoms with Gasteiger partial charge in [-0.25, -0.2) is 0 Å². The number of fused-ring (bicyclic) bond motifs is 1. The van der Waals surface area contributed by atoms with Crippen molar-refractivity contribution >= 4 is 0 Å². The molecular weight excluding hydrogens is 210 g/mol. The van der Waals surface area contributed by atoms with Crippen molar-refractivity contribution in [2.45, 2.75) is 64.1 Å². The molecule has 17 heavy (non-hydrogen) atoms. The van der Waals surface area contributed by atoms with Crippen molar-refractivity contribution in [2.24, 2.45) is 5.92 Å². The number of likely N-dealkylation sites (tertiary alicyclic amines) is 1. The second-order valence-corrected chi connectivity index (χ2v) is 5.90. The summed E-state index contributed by atoms with van der Waals surface area (Å²) >= 11 is 0. The van der Waals surface area contributed by atoms with E-state index in [1.165, 1.54) is 38.6 Å². The van der Waals surface area contributed by atoms with Gasteiger partial charge in [0.15, 0.2) is 0 Å². The fourth-order valence-corrected chi connectivity index (χ4v) is 3.55. The second-order valence-electron chi connectivity index (χ2n) is 5.90. The van der Waals surface area contributed by atoms with Gasteiger partial charge in [-0.05, 0) is 52.0 Å². The molecule has 0 aromatic rings. The summed E-state index contributed by atoms with van der Waals surface area (Å²) in [7, 11) is 0. The molecule has 2 fully saturated rings. The maximum absolute atomic E-state index is 9.21. The first kappa shape index (κ1) is 12.9. The highest BCUT2D eigenvalue weighted by Crippen LogP contribution is 2.36. The highest BCUT2D eigenvalue weighted by Gasteiger charge is 2.35. The Kier molecular flexibility index (Phi) is 4.42. The molecule has 3 atom stereocenters. The first-order valence-electron chi connectivity index (χ1n) is 7.10. The molecule has 0 aromatic heterocycles. The minimum Gasteiger partial charge on any atom is -0.299 e. The molecule has 1 aliphatic heterocycles. The van der Waals surface area contributed by atoms with E-state index in [4.69, 9.17) is 0 Å². The van der Waals surface area contributed by atoms with Crippen molar-refractivity contribution in [3.8, 4) is 6.07 Å². The van der Waals surface area contributed by atoms with Crippen molar-refractivity contribution in [3.05, 3.63) is 0 Å². The lowest BCUT2D eigenvalue weighted by Gasteiger charge is -2.38. The number of piperidine rings is 1. The quantitative estimate of drug-likeness (QED) is 0.811. The molecule has 3 heteroatoms. The molecule has 1 N–H and O–H groups in total. The Hall–Kier alpha value is -0.590. The highest BCUT2D eigenvalue weighted by atomic mass is 15.2. The number of nitrogens with one attached hydrogen (secondary N) is 1. The molecule has 0 spiro atoms. The van der Waals surface area contributed by atoms with Crippen LogP contribution in [0.5, 0.6) is 0 Å². The van der Waals surface area contributed by atoms with Gasteiger partial charge >= 0.3 is 0 Å². The van der Waals surface area contributed by atoms with E-state index in [2.05, 4.69) is 30.1 Å². The van der Waals surface area contributed by atoms with Crippen LogP contribution in [0.2, 0.25) is 0 Å². The van der Waals surface area contributed by atoms with Crippen LogP contribution < -0.4 is 5.32 Å². The Morgan fingerprint density at radius 1 is 1.29 bits per heavy atom. The smallest absolute Gasteiger partial charge is 0.108 e. The van der Waals surface area contributed by atoms with Gasteiger partial charge in [-0.15, -0.1) is 0 Å². The highest BCUT2D eigenvalue weighted by molar-refractivity contribution is 4.97. The van der Waals surface area contributed by atoms with Crippen LogP contribution in [0.1, 0.15) is 46.0 Å².